The number of amides is 1. The number of nitrogens with two attached hydrogens (primary N) is 1. The minimum Gasteiger partial charge on any atom is -0.346 e. The third-order valence-corrected chi connectivity index (χ3v) is 6.72. The summed E-state index contributed by atoms with van der Waals surface area (Å²) in [5.41, 5.74) is 3.98. The largest absolute Gasteiger partial charge is 0.346 e. The highest BCUT2D eigenvalue weighted by Gasteiger charge is 2.19. The van der Waals surface area contributed by atoms with Crippen molar-refractivity contribution in [3.8, 4) is 11.3 Å². The Kier molecular flexibility index (Phi) is 5.39. The van der Waals surface area contributed by atoms with Gasteiger partial charge in [0.2, 0.25) is 10.0 Å². The van der Waals surface area contributed by atoms with Crippen LogP contribution in [0.3, 0.4) is 0 Å². The normalized spacial score (nSPS) is 11.7. The number of hydrogen-bond donors (Lipinski definition) is 2. The number of pyridine rings is 1. The van der Waals surface area contributed by atoms with Crippen molar-refractivity contribution < 1.29 is 13.2 Å². The molecule has 0 aliphatic carbocycles. The monoisotopic (exact) mass is 470 g/mol. The van der Waals surface area contributed by atoms with E-state index in [-0.39, 0.29) is 10.8 Å². The minimum atomic E-state index is -3.92. The van der Waals surface area contributed by atoms with E-state index in [1.807, 2.05) is 66.1 Å². The van der Waals surface area contributed by atoms with Gasteiger partial charge in [0.25, 0.3) is 5.91 Å². The van der Waals surface area contributed by atoms with Crippen LogP contribution in [0.4, 0.5) is 5.69 Å². The topological polar surface area (TPSA) is 107 Å². The summed E-state index contributed by atoms with van der Waals surface area (Å²) in [6, 6.07) is 24.1. The molecule has 2 aromatic heterocycles. The van der Waals surface area contributed by atoms with Crippen LogP contribution < -0.4 is 10.5 Å². The molecule has 3 aromatic carbocycles. The zero-order valence-corrected chi connectivity index (χ0v) is 19.2. The highest BCUT2D eigenvalue weighted by molar-refractivity contribution is 7.89. The molecule has 34 heavy (non-hydrogen) atoms. The second-order valence-electron chi connectivity index (χ2n) is 7.95. The molecule has 170 valence electrons. The molecule has 1 amide bonds. The first-order chi connectivity index (χ1) is 16.3. The zero-order valence-electron chi connectivity index (χ0n) is 18.4. The number of anilines is 1. The van der Waals surface area contributed by atoms with Gasteiger partial charge in [-0.2, -0.15) is 0 Å². The Morgan fingerprint density at radius 1 is 0.971 bits per heavy atom. The van der Waals surface area contributed by atoms with Crippen molar-refractivity contribution in [2.24, 2.45) is 5.14 Å². The van der Waals surface area contributed by atoms with Crippen molar-refractivity contribution in [2.75, 3.05) is 5.32 Å². The maximum atomic E-state index is 13.4. The Morgan fingerprint density at radius 3 is 2.44 bits per heavy atom. The fraction of sp³-hybridized carbons (Fsp3) is 0.0769. The predicted octanol–water partition coefficient (Wildman–Crippen LogP) is 4.78. The van der Waals surface area contributed by atoms with Crippen LogP contribution in [-0.4, -0.2) is 23.9 Å². The Balaban J connectivity index is 1.59. The molecule has 0 bridgehead atoms. The number of benzene rings is 3. The molecule has 0 fully saturated rings. The van der Waals surface area contributed by atoms with Gasteiger partial charge in [-0.05, 0) is 37.3 Å². The summed E-state index contributed by atoms with van der Waals surface area (Å²) < 4.78 is 26.0. The standard InChI is InChI=1S/C26H22N4O3S/c1-2-30-16-25(34(27,32)33)21-14-18(12-13-24(21)30)28-26(31)20-15-23(17-8-4-3-5-9-17)29-22-11-7-6-10-19(20)22/h3-16H,2H2,1H3,(H,28,31)(H2,27,32,33). The SMILES string of the molecule is CCn1cc(S(N)(=O)=O)c2cc(NC(=O)c3cc(-c4ccccc4)nc4ccccc34)ccc21. The summed E-state index contributed by atoms with van der Waals surface area (Å²) in [5, 5.41) is 9.54. The molecule has 0 saturated carbocycles. The van der Waals surface area contributed by atoms with Crippen molar-refractivity contribution in [1.82, 2.24) is 9.55 Å². The Hall–Kier alpha value is -4.01. The van der Waals surface area contributed by atoms with Gasteiger partial charge in [0.05, 0.1) is 16.8 Å². The molecule has 0 unspecified atom stereocenters. The van der Waals surface area contributed by atoms with Crippen LogP contribution in [0.1, 0.15) is 17.3 Å². The number of aryl methyl sites for hydroxylation is 1. The van der Waals surface area contributed by atoms with Gasteiger partial charge in [-0.1, -0.05) is 48.5 Å². The maximum absolute atomic E-state index is 13.4. The molecule has 3 N–H and O–H groups in total. The van der Waals surface area contributed by atoms with Crippen LogP contribution in [0.2, 0.25) is 0 Å². The molecule has 0 spiro atoms. The number of sulfonamides is 1. The van der Waals surface area contributed by atoms with Gasteiger partial charge in [-0.15, -0.1) is 0 Å². The molecular weight excluding hydrogens is 448 g/mol. The van der Waals surface area contributed by atoms with Crippen molar-refractivity contribution in [2.45, 2.75) is 18.4 Å². The summed E-state index contributed by atoms with van der Waals surface area (Å²) in [6.45, 7) is 2.50. The van der Waals surface area contributed by atoms with Crippen LogP contribution in [0, 0.1) is 0 Å². The molecule has 0 radical (unpaired) electrons. The van der Waals surface area contributed by atoms with Crippen molar-refractivity contribution in [3.63, 3.8) is 0 Å². The molecule has 0 saturated heterocycles. The summed E-state index contributed by atoms with van der Waals surface area (Å²) in [7, 11) is -3.92. The zero-order chi connectivity index (χ0) is 23.9. The third kappa shape index (κ3) is 3.93. The van der Waals surface area contributed by atoms with Crippen LogP contribution in [-0.2, 0) is 16.6 Å². The summed E-state index contributed by atoms with van der Waals surface area (Å²) in [6.07, 6.45) is 1.52. The first kappa shape index (κ1) is 21.8. The van der Waals surface area contributed by atoms with E-state index in [9.17, 15) is 13.2 Å². The molecule has 7 nitrogen and oxygen atoms in total. The predicted molar refractivity (Wildman–Crippen MR) is 134 cm³/mol. The Labute approximate surface area is 196 Å². The highest BCUT2D eigenvalue weighted by Crippen LogP contribution is 2.29. The average molecular weight is 471 g/mol. The van der Waals surface area contributed by atoms with Gasteiger partial charge in [0, 0.05) is 40.3 Å². The van der Waals surface area contributed by atoms with Crippen LogP contribution in [0.15, 0.2) is 90.0 Å². The highest BCUT2D eigenvalue weighted by atomic mass is 32.2. The lowest BCUT2D eigenvalue weighted by Gasteiger charge is -2.11. The van der Waals surface area contributed by atoms with Crippen molar-refractivity contribution >= 4 is 43.4 Å². The summed E-state index contributed by atoms with van der Waals surface area (Å²) in [5.74, 6) is -0.317. The quantitative estimate of drug-likeness (QED) is 0.386. The van der Waals surface area contributed by atoms with Gasteiger partial charge in [-0.3, -0.25) is 4.79 Å². The summed E-state index contributed by atoms with van der Waals surface area (Å²) in [4.78, 5) is 18.2. The number of aromatic nitrogens is 2. The Bertz CT molecular complexity index is 1660. The van der Waals surface area contributed by atoms with Crippen LogP contribution in [0.5, 0.6) is 0 Å². The lowest BCUT2D eigenvalue weighted by atomic mass is 10.0. The lowest BCUT2D eigenvalue weighted by Crippen LogP contribution is -2.13. The maximum Gasteiger partial charge on any atom is 0.256 e. The number of carbonyl (C=O) groups excluding carboxylic acids is 1. The minimum absolute atomic E-state index is 0.0289. The van der Waals surface area contributed by atoms with Crippen molar-refractivity contribution in [1.29, 1.82) is 0 Å². The number of primary sulfonamides is 1. The molecule has 0 aliphatic rings. The molecule has 5 rings (SSSR count). The number of carbonyl (C=O) groups is 1. The smallest absolute Gasteiger partial charge is 0.256 e. The first-order valence-electron chi connectivity index (χ1n) is 10.8. The molecule has 0 aliphatic heterocycles. The molecule has 8 heteroatoms. The third-order valence-electron chi connectivity index (χ3n) is 5.78. The van der Waals surface area contributed by atoms with Crippen LogP contribution >= 0.6 is 0 Å². The lowest BCUT2D eigenvalue weighted by molar-refractivity contribution is 0.102. The second-order valence-corrected chi connectivity index (χ2v) is 9.48. The fourth-order valence-corrected chi connectivity index (χ4v) is 4.89. The van der Waals surface area contributed by atoms with E-state index < -0.39 is 10.0 Å². The molecule has 5 aromatic rings. The number of nitrogens with zero attached hydrogens (tertiary/aromatic N) is 2. The average Bonchev–Trinajstić information content (AvgIpc) is 3.22. The van der Waals surface area contributed by atoms with Crippen molar-refractivity contribution in [3.05, 3.63) is 90.6 Å². The van der Waals surface area contributed by atoms with E-state index in [4.69, 9.17) is 10.1 Å². The second kappa shape index (κ2) is 8.40. The number of rotatable bonds is 5. The number of nitrogens with one attached hydrogen (secondary N) is 1. The van der Waals surface area contributed by atoms with Gasteiger partial charge < -0.3 is 9.88 Å². The van der Waals surface area contributed by atoms with E-state index in [0.717, 1.165) is 16.5 Å². The van der Waals surface area contributed by atoms with Gasteiger partial charge in [-0.25, -0.2) is 18.5 Å². The van der Waals surface area contributed by atoms with Crippen LogP contribution in [0.25, 0.3) is 33.1 Å². The number of para-hydroxylation sites is 1. The first-order valence-corrected chi connectivity index (χ1v) is 12.3. The van der Waals surface area contributed by atoms with Gasteiger partial charge >= 0.3 is 0 Å². The molecular formula is C26H22N4O3S. The Morgan fingerprint density at radius 2 is 1.71 bits per heavy atom. The summed E-state index contributed by atoms with van der Waals surface area (Å²) >= 11 is 0. The van der Waals surface area contributed by atoms with E-state index in [0.29, 0.717) is 34.4 Å². The number of hydrogen-bond acceptors (Lipinski definition) is 4. The molecule has 0 atom stereocenters. The molecule has 2 heterocycles. The van der Waals surface area contributed by atoms with E-state index >= 15 is 0 Å². The fourth-order valence-electron chi connectivity index (χ4n) is 4.15. The van der Waals surface area contributed by atoms with Gasteiger partial charge in [0.15, 0.2) is 0 Å². The number of fused-ring (bicyclic) bond motifs is 2. The van der Waals surface area contributed by atoms with E-state index in [1.165, 1.54) is 6.20 Å². The van der Waals surface area contributed by atoms with E-state index in [2.05, 4.69) is 5.32 Å². The van der Waals surface area contributed by atoms with Gasteiger partial charge in [0.1, 0.15) is 4.90 Å². The van der Waals surface area contributed by atoms with E-state index in [1.54, 1.807) is 24.3 Å².